The zero-order valence-corrected chi connectivity index (χ0v) is 6.54. The molecule has 4 heteroatoms. The molecule has 0 spiro atoms. The van der Waals surface area contributed by atoms with Crippen molar-refractivity contribution in [2.75, 3.05) is 20.3 Å². The number of nitrogens with one attached hydrogen (secondary N) is 1. The molecule has 0 radical (unpaired) electrons. The number of aliphatic hydroxyl groups is 1. The van der Waals surface area contributed by atoms with Gasteiger partial charge >= 0.3 is 0 Å². The molecule has 2 unspecified atom stereocenters. The second-order valence-electron chi connectivity index (χ2n) is 2.79. The number of carbonyl (C=O) groups excluding carboxylic acids is 1. The predicted octanol–water partition coefficient (Wildman–Crippen LogP) is -0.870. The van der Waals surface area contributed by atoms with Gasteiger partial charge in [-0.15, -0.1) is 0 Å². The summed E-state index contributed by atoms with van der Waals surface area (Å²) in [5, 5.41) is 11.4. The molecule has 0 aromatic rings. The minimum atomic E-state index is -0.103. The Morgan fingerprint density at radius 3 is 3.00 bits per heavy atom. The summed E-state index contributed by atoms with van der Waals surface area (Å²) in [6.07, 6.45) is 0.895. The van der Waals surface area contributed by atoms with Crippen LogP contribution in [-0.2, 0) is 9.53 Å². The quantitative estimate of drug-likeness (QED) is 0.560. The summed E-state index contributed by atoms with van der Waals surface area (Å²) in [7, 11) is 1.48. The highest BCUT2D eigenvalue weighted by Gasteiger charge is 2.37. The number of methoxy groups -OCH3 is 1. The Morgan fingerprint density at radius 2 is 2.55 bits per heavy atom. The lowest BCUT2D eigenvalue weighted by molar-refractivity contribution is -0.124. The summed E-state index contributed by atoms with van der Waals surface area (Å²) >= 11 is 0. The van der Waals surface area contributed by atoms with Crippen molar-refractivity contribution in [1.82, 2.24) is 5.32 Å². The maximum absolute atomic E-state index is 10.8. The average molecular weight is 159 g/mol. The first-order valence-electron chi connectivity index (χ1n) is 3.67. The van der Waals surface area contributed by atoms with E-state index in [1.54, 1.807) is 0 Å². The van der Waals surface area contributed by atoms with Gasteiger partial charge in [-0.25, -0.2) is 0 Å². The van der Waals surface area contributed by atoms with E-state index in [1.807, 2.05) is 0 Å². The number of rotatable bonds is 4. The molecule has 0 aromatic carbocycles. The zero-order valence-electron chi connectivity index (χ0n) is 6.54. The van der Waals surface area contributed by atoms with Gasteiger partial charge in [0.15, 0.2) is 0 Å². The van der Waals surface area contributed by atoms with E-state index in [4.69, 9.17) is 5.11 Å². The summed E-state index contributed by atoms with van der Waals surface area (Å²) < 4.78 is 4.63. The fourth-order valence-electron chi connectivity index (χ4n) is 1.01. The molecule has 1 saturated carbocycles. The molecular formula is C7H13NO3. The molecule has 0 aromatic heterocycles. The van der Waals surface area contributed by atoms with Crippen molar-refractivity contribution in [2.45, 2.75) is 12.5 Å². The average Bonchev–Trinajstić information content (AvgIpc) is 2.68. The topological polar surface area (TPSA) is 58.6 Å². The summed E-state index contributed by atoms with van der Waals surface area (Å²) in [5.41, 5.74) is 0. The predicted molar refractivity (Wildman–Crippen MR) is 39.0 cm³/mol. The number of aliphatic hydroxyl groups excluding tert-OH is 1. The third kappa shape index (κ3) is 2.48. The molecule has 1 amide bonds. The Balaban J connectivity index is 2.08. The van der Waals surface area contributed by atoms with E-state index >= 15 is 0 Å². The third-order valence-electron chi connectivity index (χ3n) is 1.78. The lowest BCUT2D eigenvalue weighted by atomic mass is 10.4. The SMILES string of the molecule is COCC(=O)NC1CC1CO. The highest BCUT2D eigenvalue weighted by Crippen LogP contribution is 2.28. The van der Waals surface area contributed by atoms with E-state index in [9.17, 15) is 4.79 Å². The zero-order chi connectivity index (χ0) is 8.27. The van der Waals surface area contributed by atoms with Gasteiger partial charge in [-0.2, -0.15) is 0 Å². The molecule has 0 aliphatic heterocycles. The van der Waals surface area contributed by atoms with Crippen LogP contribution >= 0.6 is 0 Å². The maximum Gasteiger partial charge on any atom is 0.246 e. The molecule has 2 N–H and O–H groups in total. The van der Waals surface area contributed by atoms with Crippen LogP contribution in [0.4, 0.5) is 0 Å². The van der Waals surface area contributed by atoms with Crippen molar-refractivity contribution < 1.29 is 14.6 Å². The van der Waals surface area contributed by atoms with Gasteiger partial charge in [0, 0.05) is 25.7 Å². The lowest BCUT2D eigenvalue weighted by Gasteiger charge is -2.01. The smallest absolute Gasteiger partial charge is 0.246 e. The number of hydrogen-bond acceptors (Lipinski definition) is 3. The number of hydrogen-bond donors (Lipinski definition) is 2. The van der Waals surface area contributed by atoms with Crippen molar-refractivity contribution in [1.29, 1.82) is 0 Å². The molecule has 1 aliphatic rings. The van der Waals surface area contributed by atoms with Gasteiger partial charge in [0.1, 0.15) is 6.61 Å². The van der Waals surface area contributed by atoms with Gasteiger partial charge in [-0.1, -0.05) is 0 Å². The van der Waals surface area contributed by atoms with Crippen molar-refractivity contribution in [3.63, 3.8) is 0 Å². The van der Waals surface area contributed by atoms with Gasteiger partial charge in [0.05, 0.1) is 0 Å². The van der Waals surface area contributed by atoms with E-state index in [2.05, 4.69) is 10.1 Å². The Labute approximate surface area is 65.5 Å². The van der Waals surface area contributed by atoms with Crippen LogP contribution in [0.1, 0.15) is 6.42 Å². The molecule has 0 bridgehead atoms. The van der Waals surface area contributed by atoms with Crippen molar-refractivity contribution in [3.05, 3.63) is 0 Å². The summed E-state index contributed by atoms with van der Waals surface area (Å²) in [6.45, 7) is 0.270. The minimum absolute atomic E-state index is 0.103. The molecule has 0 saturated heterocycles. The highest BCUT2D eigenvalue weighted by molar-refractivity contribution is 5.77. The van der Waals surface area contributed by atoms with E-state index in [-0.39, 0.29) is 31.1 Å². The van der Waals surface area contributed by atoms with Crippen LogP contribution in [0.25, 0.3) is 0 Å². The molecule has 1 aliphatic carbocycles. The number of amides is 1. The van der Waals surface area contributed by atoms with E-state index in [1.165, 1.54) is 7.11 Å². The molecule has 64 valence electrons. The first kappa shape index (κ1) is 8.49. The van der Waals surface area contributed by atoms with Crippen LogP contribution in [0.15, 0.2) is 0 Å². The lowest BCUT2D eigenvalue weighted by Crippen LogP contribution is -2.30. The Morgan fingerprint density at radius 1 is 1.82 bits per heavy atom. The van der Waals surface area contributed by atoms with Gasteiger partial charge in [0.2, 0.25) is 5.91 Å². The van der Waals surface area contributed by atoms with Gasteiger partial charge in [0.25, 0.3) is 0 Å². The van der Waals surface area contributed by atoms with Crippen LogP contribution in [0.2, 0.25) is 0 Å². The molecule has 1 fully saturated rings. The van der Waals surface area contributed by atoms with Crippen LogP contribution in [0, 0.1) is 5.92 Å². The maximum atomic E-state index is 10.8. The van der Waals surface area contributed by atoms with E-state index < -0.39 is 0 Å². The van der Waals surface area contributed by atoms with E-state index in [0.717, 1.165) is 6.42 Å². The van der Waals surface area contributed by atoms with Crippen LogP contribution in [0.3, 0.4) is 0 Å². The molecule has 2 atom stereocenters. The first-order valence-corrected chi connectivity index (χ1v) is 3.67. The Bertz CT molecular complexity index is 149. The molecule has 11 heavy (non-hydrogen) atoms. The van der Waals surface area contributed by atoms with Crippen LogP contribution in [-0.4, -0.2) is 37.4 Å². The van der Waals surface area contributed by atoms with Crippen LogP contribution in [0.5, 0.6) is 0 Å². The highest BCUT2D eigenvalue weighted by atomic mass is 16.5. The minimum Gasteiger partial charge on any atom is -0.396 e. The summed E-state index contributed by atoms with van der Waals surface area (Å²) in [4.78, 5) is 10.8. The first-order chi connectivity index (χ1) is 5.27. The fraction of sp³-hybridized carbons (Fsp3) is 0.857. The number of ether oxygens (including phenoxy) is 1. The normalized spacial score (nSPS) is 28.2. The van der Waals surface area contributed by atoms with Gasteiger partial charge in [-0.05, 0) is 6.42 Å². The van der Waals surface area contributed by atoms with Crippen LogP contribution < -0.4 is 5.32 Å². The molecule has 1 rings (SSSR count). The van der Waals surface area contributed by atoms with Crippen molar-refractivity contribution in [2.24, 2.45) is 5.92 Å². The Kier molecular flexibility index (Phi) is 2.84. The van der Waals surface area contributed by atoms with E-state index in [0.29, 0.717) is 0 Å². The van der Waals surface area contributed by atoms with Crippen molar-refractivity contribution in [3.8, 4) is 0 Å². The Hall–Kier alpha value is -0.610. The second-order valence-corrected chi connectivity index (χ2v) is 2.79. The second kappa shape index (κ2) is 3.69. The largest absolute Gasteiger partial charge is 0.396 e. The molecule has 0 heterocycles. The summed E-state index contributed by atoms with van der Waals surface area (Å²) in [5.74, 6) is 0.171. The fourth-order valence-corrected chi connectivity index (χ4v) is 1.01. The van der Waals surface area contributed by atoms with Crippen molar-refractivity contribution >= 4 is 5.91 Å². The molecular weight excluding hydrogens is 146 g/mol. The monoisotopic (exact) mass is 159 g/mol. The molecule has 4 nitrogen and oxygen atoms in total. The number of carbonyl (C=O) groups is 1. The van der Waals surface area contributed by atoms with Gasteiger partial charge < -0.3 is 15.2 Å². The third-order valence-corrected chi connectivity index (χ3v) is 1.78. The van der Waals surface area contributed by atoms with Gasteiger partial charge in [-0.3, -0.25) is 4.79 Å². The standard InChI is InChI=1S/C7H13NO3/c1-11-4-7(10)8-6-2-5(6)3-9/h5-6,9H,2-4H2,1H3,(H,8,10). The summed E-state index contributed by atoms with van der Waals surface area (Å²) in [6, 6.07) is 0.183.